The summed E-state index contributed by atoms with van der Waals surface area (Å²) in [5.74, 6) is 0. The Bertz CT molecular complexity index is 1150. The molecule has 4 N–H and O–H groups in total. The molecule has 1 aromatic heterocycles. The number of carbonyl (C=O) groups excluding carboxylic acids is 2. The summed E-state index contributed by atoms with van der Waals surface area (Å²) in [7, 11) is 0. The molecular weight excluding hydrogens is 438 g/mol. The van der Waals surface area contributed by atoms with Crippen LogP contribution < -0.4 is 27.6 Å². The second-order valence-corrected chi connectivity index (χ2v) is 5.83. The van der Waals surface area contributed by atoms with Crippen LogP contribution in [0.5, 0.6) is 0 Å². The predicted molar refractivity (Wildman–Crippen MR) is 104 cm³/mol. The molecule has 168 valence electrons. The van der Waals surface area contributed by atoms with Crippen molar-refractivity contribution in [1.82, 2.24) is 41.3 Å². The summed E-state index contributed by atoms with van der Waals surface area (Å²) in [6.45, 7) is 0. The van der Waals surface area contributed by atoms with Gasteiger partial charge in [0.1, 0.15) is 0 Å². The van der Waals surface area contributed by atoms with Gasteiger partial charge in [-0.25, -0.2) is 35.4 Å². The third-order valence-corrected chi connectivity index (χ3v) is 3.59. The molecule has 5 aliphatic heterocycles. The highest BCUT2D eigenvalue weighted by molar-refractivity contribution is 5.74. The Balaban J connectivity index is 0.000000118. The van der Waals surface area contributed by atoms with E-state index in [0.29, 0.717) is 11.0 Å². The van der Waals surface area contributed by atoms with Crippen LogP contribution in [0.3, 0.4) is 0 Å². The van der Waals surface area contributed by atoms with Crippen molar-refractivity contribution in [2.24, 2.45) is 36.6 Å². The number of urea groups is 2. The Kier molecular flexibility index (Phi) is 6.17. The van der Waals surface area contributed by atoms with E-state index < -0.39 is 18.4 Å². The topological polar surface area (TPSA) is 206 Å². The van der Waals surface area contributed by atoms with E-state index in [4.69, 9.17) is 5.73 Å². The summed E-state index contributed by atoms with van der Waals surface area (Å²) in [5.41, 5.74) is 11.0. The fourth-order valence-corrected chi connectivity index (χ4v) is 2.26. The Morgan fingerprint density at radius 2 is 1.30 bits per heavy atom. The van der Waals surface area contributed by atoms with Crippen LogP contribution >= 0.6 is 0 Å². The van der Waals surface area contributed by atoms with E-state index in [1.54, 1.807) is 49.1 Å². The van der Waals surface area contributed by atoms with Crippen molar-refractivity contribution in [1.29, 1.82) is 0 Å². The molecule has 0 aliphatic carbocycles. The summed E-state index contributed by atoms with van der Waals surface area (Å²) >= 11 is 0. The highest BCUT2D eigenvalue weighted by Gasteiger charge is 2.17. The summed E-state index contributed by atoms with van der Waals surface area (Å²) in [4.78, 5) is 37.4. The molecule has 4 amide bonds. The first kappa shape index (κ1) is 21.0. The molecule has 18 heteroatoms. The van der Waals surface area contributed by atoms with Crippen molar-refractivity contribution in [3.8, 4) is 0 Å². The van der Waals surface area contributed by atoms with Crippen LogP contribution in [0.1, 0.15) is 0 Å². The molecule has 0 radical (unpaired) electrons. The predicted octanol–water partition coefficient (Wildman–Crippen LogP) is -0.993. The normalized spacial score (nSPS) is 20.3. The average Bonchev–Trinajstić information content (AvgIpc) is 2.84. The van der Waals surface area contributed by atoms with E-state index in [2.05, 4.69) is 56.5 Å². The summed E-state index contributed by atoms with van der Waals surface area (Å²) < 4.78 is 0. The number of hydrazine groups is 4. The minimum absolute atomic E-state index is 0.370. The molecule has 0 saturated carbocycles. The van der Waals surface area contributed by atoms with Gasteiger partial charge < -0.3 is 4.84 Å². The van der Waals surface area contributed by atoms with Gasteiger partial charge in [-0.1, -0.05) is 15.4 Å². The molecule has 33 heavy (non-hydrogen) atoms. The van der Waals surface area contributed by atoms with Gasteiger partial charge in [0.2, 0.25) is 11.0 Å². The maximum absolute atomic E-state index is 10.6. The van der Waals surface area contributed by atoms with Crippen molar-refractivity contribution in [3.05, 3.63) is 72.5 Å². The fraction of sp³-hybridized carbons (Fsp3) is 0.0667. The molecule has 6 rings (SSSR count). The Labute approximate surface area is 183 Å². The molecule has 1 aromatic rings. The molecule has 1 unspecified atom stereocenters. The number of nitrogens with one attached hydrogen (secondary N) is 2. The summed E-state index contributed by atoms with van der Waals surface area (Å²) in [6.07, 6.45) is 16.1. The minimum Gasteiger partial charge on any atom is -0.350 e. The number of hydrogen-bond acceptors (Lipinski definition) is 14. The minimum atomic E-state index is -0.751. The van der Waals surface area contributed by atoms with Gasteiger partial charge in [0.25, 0.3) is 6.35 Å². The lowest BCUT2D eigenvalue weighted by atomic mass is 10.5. The molecule has 0 bridgehead atoms. The zero-order valence-corrected chi connectivity index (χ0v) is 16.5. The number of carbonyl (C=O) groups is 2. The molecule has 0 aromatic carbocycles. The van der Waals surface area contributed by atoms with E-state index in [1.807, 2.05) is 0 Å². The third kappa shape index (κ3) is 5.46. The number of aromatic nitrogens is 2. The zero-order valence-electron chi connectivity index (χ0n) is 16.5. The first-order valence-electron chi connectivity index (χ1n) is 9.04. The van der Waals surface area contributed by atoms with Crippen LogP contribution in [0.2, 0.25) is 0 Å². The standard InChI is InChI=1S/3C5H5N5O/c6-5-9-3-4(10-11-5)8-2-1-7-3;2*11-5-6-8-10-4-2-1-3-9(10)7-5/h1-2,5H,6H2;2*1-4H,(H,7,11). The quantitative estimate of drug-likeness (QED) is 0.437. The first-order chi connectivity index (χ1) is 16.1. The molecule has 18 nitrogen and oxygen atoms in total. The van der Waals surface area contributed by atoms with Crippen molar-refractivity contribution in [2.45, 2.75) is 6.35 Å². The lowest BCUT2D eigenvalue weighted by Gasteiger charge is -2.30. The van der Waals surface area contributed by atoms with Crippen LogP contribution in [0.25, 0.3) is 0 Å². The highest BCUT2D eigenvalue weighted by atomic mass is 16.7. The van der Waals surface area contributed by atoms with Crippen LogP contribution in [-0.2, 0) is 4.84 Å². The van der Waals surface area contributed by atoms with Gasteiger partial charge in [-0.2, -0.15) is 10.2 Å². The second-order valence-electron chi connectivity index (χ2n) is 5.83. The monoisotopic (exact) mass is 453 g/mol. The number of amides is 4. The first-order valence-corrected chi connectivity index (χ1v) is 9.04. The number of allylic oxidation sites excluding steroid dienone is 4. The van der Waals surface area contributed by atoms with Crippen LogP contribution in [0, 0.1) is 0 Å². The van der Waals surface area contributed by atoms with E-state index in [1.165, 1.54) is 32.9 Å². The lowest BCUT2D eigenvalue weighted by Crippen LogP contribution is -2.47. The third-order valence-electron chi connectivity index (χ3n) is 3.59. The molecule has 5 aliphatic rings. The van der Waals surface area contributed by atoms with Gasteiger partial charge in [0.15, 0.2) is 0 Å². The number of hydrogen-bond donors (Lipinski definition) is 3. The largest absolute Gasteiger partial charge is 0.381 e. The van der Waals surface area contributed by atoms with Gasteiger partial charge >= 0.3 is 12.1 Å². The van der Waals surface area contributed by atoms with E-state index in [0.717, 1.165) is 0 Å². The molecule has 1 atom stereocenters. The molecule has 0 saturated heterocycles. The van der Waals surface area contributed by atoms with E-state index in [9.17, 15) is 9.59 Å². The van der Waals surface area contributed by atoms with Gasteiger partial charge in [0.05, 0.1) is 12.4 Å². The molecule has 0 fully saturated rings. The Morgan fingerprint density at radius 1 is 0.788 bits per heavy atom. The van der Waals surface area contributed by atoms with Gasteiger partial charge in [0, 0.05) is 24.8 Å². The lowest BCUT2D eigenvalue weighted by molar-refractivity contribution is 0.0138. The van der Waals surface area contributed by atoms with Crippen LogP contribution in [0.15, 0.2) is 92.3 Å². The number of nitrogens with two attached hydrogens (primary N) is 1. The molecule has 6 heterocycles. The van der Waals surface area contributed by atoms with E-state index in [-0.39, 0.29) is 0 Å². The highest BCUT2D eigenvalue weighted by Crippen LogP contribution is 2.09. The fourth-order valence-electron chi connectivity index (χ4n) is 2.26. The zero-order chi connectivity index (χ0) is 23.0. The Hall–Kier alpha value is -5.26. The van der Waals surface area contributed by atoms with Crippen molar-refractivity contribution in [3.63, 3.8) is 0 Å². The van der Waals surface area contributed by atoms with Gasteiger partial charge in [-0.3, -0.25) is 5.73 Å². The van der Waals surface area contributed by atoms with Gasteiger partial charge in [-0.15, -0.1) is 10.2 Å². The molecule has 0 spiro atoms. The number of fused-ring (bicyclic) bond motifs is 3. The van der Waals surface area contributed by atoms with Crippen molar-refractivity contribution < 1.29 is 14.4 Å². The summed E-state index contributed by atoms with van der Waals surface area (Å²) in [5, 5.41) is 23.0. The Morgan fingerprint density at radius 3 is 1.88 bits per heavy atom. The van der Waals surface area contributed by atoms with Crippen LogP contribution in [0.4, 0.5) is 9.59 Å². The van der Waals surface area contributed by atoms with Crippen LogP contribution in [-0.4, -0.2) is 48.9 Å². The van der Waals surface area contributed by atoms with Gasteiger partial charge in [-0.05, 0) is 34.8 Å². The number of rotatable bonds is 0. The summed E-state index contributed by atoms with van der Waals surface area (Å²) in [6, 6.07) is -0.942. The number of nitrogens with zero attached hydrogens (tertiary/aromatic N) is 12. The van der Waals surface area contributed by atoms with E-state index >= 15 is 0 Å². The smallest absolute Gasteiger partial charge is 0.350 e. The maximum atomic E-state index is 10.6. The molecular formula is C15H15N15O3. The maximum Gasteiger partial charge on any atom is 0.381 e. The van der Waals surface area contributed by atoms with Crippen molar-refractivity contribution in [2.75, 3.05) is 0 Å². The average molecular weight is 453 g/mol. The second kappa shape index (κ2) is 9.70. The SMILES string of the molecule is NC1N=c2nccnc2=NO1.O=C1N=NN2C=CC=CN2N1.O=C1N=NN2C=CC=CN2N1. The van der Waals surface area contributed by atoms with Crippen molar-refractivity contribution >= 4 is 12.1 Å².